The fourth-order valence-corrected chi connectivity index (χ4v) is 2.89. The minimum atomic E-state index is 0.847. The van der Waals surface area contributed by atoms with E-state index in [-0.39, 0.29) is 0 Å². The second kappa shape index (κ2) is 6.33. The van der Waals surface area contributed by atoms with Crippen molar-refractivity contribution in [2.75, 3.05) is 26.2 Å². The van der Waals surface area contributed by atoms with Crippen LogP contribution in [0.2, 0.25) is 0 Å². The SMILES string of the molecule is CCCN1CCC(CNCc2cncs2)C1. The van der Waals surface area contributed by atoms with Crippen LogP contribution in [0, 0.1) is 5.92 Å². The van der Waals surface area contributed by atoms with Gasteiger partial charge in [-0.2, -0.15) is 0 Å². The zero-order chi connectivity index (χ0) is 11.2. The minimum absolute atomic E-state index is 0.847. The molecule has 0 spiro atoms. The summed E-state index contributed by atoms with van der Waals surface area (Å²) in [5.74, 6) is 0.847. The first-order valence-corrected chi connectivity index (χ1v) is 7.07. The molecule has 1 fully saturated rings. The molecule has 3 nitrogen and oxygen atoms in total. The van der Waals surface area contributed by atoms with Gasteiger partial charge in [0.2, 0.25) is 0 Å². The molecule has 1 aliphatic rings. The Balaban J connectivity index is 1.60. The molecule has 2 rings (SSSR count). The molecule has 4 heteroatoms. The Bertz CT molecular complexity index is 286. The van der Waals surface area contributed by atoms with Crippen LogP contribution in [0.25, 0.3) is 0 Å². The number of nitrogens with one attached hydrogen (secondary N) is 1. The van der Waals surface area contributed by atoms with E-state index in [1.54, 1.807) is 11.3 Å². The van der Waals surface area contributed by atoms with Gasteiger partial charge in [0.1, 0.15) is 0 Å². The molecule has 1 unspecified atom stereocenters. The van der Waals surface area contributed by atoms with Crippen LogP contribution in [0.3, 0.4) is 0 Å². The van der Waals surface area contributed by atoms with E-state index < -0.39 is 0 Å². The molecule has 0 amide bonds. The van der Waals surface area contributed by atoms with Crippen molar-refractivity contribution in [3.05, 3.63) is 16.6 Å². The molecule has 1 saturated heterocycles. The van der Waals surface area contributed by atoms with Gasteiger partial charge in [0.15, 0.2) is 0 Å². The Labute approximate surface area is 102 Å². The first-order chi connectivity index (χ1) is 7.88. The van der Waals surface area contributed by atoms with Gasteiger partial charge >= 0.3 is 0 Å². The van der Waals surface area contributed by atoms with Gasteiger partial charge in [-0.05, 0) is 38.4 Å². The van der Waals surface area contributed by atoms with Gasteiger partial charge in [-0.25, -0.2) is 0 Å². The zero-order valence-corrected chi connectivity index (χ0v) is 10.8. The Morgan fingerprint density at radius 3 is 3.31 bits per heavy atom. The normalized spacial score (nSPS) is 21.7. The highest BCUT2D eigenvalue weighted by atomic mass is 32.1. The summed E-state index contributed by atoms with van der Waals surface area (Å²) in [5.41, 5.74) is 1.90. The molecule has 16 heavy (non-hydrogen) atoms. The average molecular weight is 239 g/mol. The molecule has 1 aromatic rings. The molecule has 0 saturated carbocycles. The summed E-state index contributed by atoms with van der Waals surface area (Å²) in [6, 6.07) is 0. The minimum Gasteiger partial charge on any atom is -0.311 e. The second-order valence-electron chi connectivity index (χ2n) is 4.55. The van der Waals surface area contributed by atoms with Gasteiger partial charge in [0.25, 0.3) is 0 Å². The smallest absolute Gasteiger partial charge is 0.0794 e. The lowest BCUT2D eigenvalue weighted by atomic mass is 10.1. The average Bonchev–Trinajstić information content (AvgIpc) is 2.90. The summed E-state index contributed by atoms with van der Waals surface area (Å²) in [5, 5.41) is 3.54. The van der Waals surface area contributed by atoms with Crippen molar-refractivity contribution >= 4 is 11.3 Å². The van der Waals surface area contributed by atoms with Crippen LogP contribution >= 0.6 is 11.3 Å². The lowest BCUT2D eigenvalue weighted by molar-refractivity contribution is 0.322. The first-order valence-electron chi connectivity index (χ1n) is 6.19. The molecule has 1 N–H and O–H groups in total. The largest absolute Gasteiger partial charge is 0.311 e. The van der Waals surface area contributed by atoms with Gasteiger partial charge in [-0.15, -0.1) is 11.3 Å². The van der Waals surface area contributed by atoms with Crippen molar-refractivity contribution in [1.82, 2.24) is 15.2 Å². The van der Waals surface area contributed by atoms with Gasteiger partial charge < -0.3 is 10.2 Å². The summed E-state index contributed by atoms with van der Waals surface area (Å²) in [6.07, 6.45) is 4.59. The maximum absolute atomic E-state index is 4.08. The maximum atomic E-state index is 4.08. The van der Waals surface area contributed by atoms with E-state index >= 15 is 0 Å². The Kier molecular flexibility index (Phi) is 4.75. The predicted octanol–water partition coefficient (Wildman–Crippen LogP) is 1.96. The van der Waals surface area contributed by atoms with E-state index in [0.29, 0.717) is 0 Å². The summed E-state index contributed by atoms with van der Waals surface area (Å²) in [4.78, 5) is 8.00. The van der Waals surface area contributed by atoms with Crippen LogP contribution in [0.1, 0.15) is 24.6 Å². The van der Waals surface area contributed by atoms with Crippen molar-refractivity contribution in [3.8, 4) is 0 Å². The highest BCUT2D eigenvalue weighted by Gasteiger charge is 2.20. The van der Waals surface area contributed by atoms with Gasteiger partial charge in [-0.3, -0.25) is 4.98 Å². The summed E-state index contributed by atoms with van der Waals surface area (Å²) in [6.45, 7) is 8.23. The highest BCUT2D eigenvalue weighted by molar-refractivity contribution is 7.09. The molecular formula is C12H21N3S. The van der Waals surface area contributed by atoms with E-state index in [2.05, 4.69) is 22.1 Å². The fraction of sp³-hybridized carbons (Fsp3) is 0.750. The second-order valence-corrected chi connectivity index (χ2v) is 5.52. The summed E-state index contributed by atoms with van der Waals surface area (Å²) in [7, 11) is 0. The first kappa shape index (κ1) is 12.0. The summed E-state index contributed by atoms with van der Waals surface area (Å²) >= 11 is 1.73. The molecule has 1 atom stereocenters. The van der Waals surface area contributed by atoms with Crippen LogP contribution in [0.5, 0.6) is 0 Å². The molecule has 0 aliphatic carbocycles. The van der Waals surface area contributed by atoms with Crippen molar-refractivity contribution in [1.29, 1.82) is 0 Å². The third-order valence-corrected chi connectivity index (χ3v) is 3.91. The Morgan fingerprint density at radius 1 is 1.62 bits per heavy atom. The monoisotopic (exact) mass is 239 g/mol. The standard InChI is InChI=1S/C12H21N3S/c1-2-4-15-5-3-11(9-15)6-13-7-12-8-14-10-16-12/h8,10-11,13H,2-7,9H2,1H3. The van der Waals surface area contributed by atoms with E-state index in [0.717, 1.165) is 19.0 Å². The van der Waals surface area contributed by atoms with Gasteiger partial charge in [0.05, 0.1) is 5.51 Å². The number of nitrogens with zero attached hydrogens (tertiary/aromatic N) is 2. The third-order valence-electron chi connectivity index (χ3n) is 3.13. The third kappa shape index (κ3) is 3.54. The van der Waals surface area contributed by atoms with E-state index in [9.17, 15) is 0 Å². The maximum Gasteiger partial charge on any atom is 0.0794 e. The van der Waals surface area contributed by atoms with Crippen molar-refractivity contribution in [2.24, 2.45) is 5.92 Å². The molecule has 1 aliphatic heterocycles. The van der Waals surface area contributed by atoms with Crippen molar-refractivity contribution in [3.63, 3.8) is 0 Å². The highest BCUT2D eigenvalue weighted by Crippen LogP contribution is 2.15. The topological polar surface area (TPSA) is 28.2 Å². The molecular weight excluding hydrogens is 218 g/mol. The summed E-state index contributed by atoms with van der Waals surface area (Å²) < 4.78 is 0. The predicted molar refractivity (Wildman–Crippen MR) is 68.7 cm³/mol. The number of likely N-dealkylation sites (tertiary alicyclic amines) is 1. The lowest BCUT2D eigenvalue weighted by Gasteiger charge is -2.14. The molecule has 0 radical (unpaired) electrons. The molecule has 90 valence electrons. The zero-order valence-electron chi connectivity index (χ0n) is 9.98. The molecule has 2 heterocycles. The van der Waals surface area contributed by atoms with Crippen LogP contribution in [-0.4, -0.2) is 36.1 Å². The number of hydrogen-bond acceptors (Lipinski definition) is 4. The quantitative estimate of drug-likeness (QED) is 0.822. The van der Waals surface area contributed by atoms with Gasteiger partial charge in [0, 0.05) is 24.2 Å². The Hall–Kier alpha value is -0.450. The fourth-order valence-electron chi connectivity index (χ4n) is 2.33. The lowest BCUT2D eigenvalue weighted by Crippen LogP contribution is -2.26. The Morgan fingerprint density at radius 2 is 2.56 bits per heavy atom. The van der Waals surface area contributed by atoms with E-state index in [1.165, 1.54) is 37.4 Å². The van der Waals surface area contributed by atoms with E-state index in [4.69, 9.17) is 0 Å². The number of aromatic nitrogens is 1. The van der Waals surface area contributed by atoms with Gasteiger partial charge in [-0.1, -0.05) is 6.92 Å². The van der Waals surface area contributed by atoms with E-state index in [1.807, 2.05) is 11.7 Å². The van der Waals surface area contributed by atoms with Crippen molar-refractivity contribution in [2.45, 2.75) is 26.3 Å². The number of rotatable bonds is 6. The van der Waals surface area contributed by atoms with Crippen molar-refractivity contribution < 1.29 is 0 Å². The van der Waals surface area contributed by atoms with Crippen LogP contribution in [0.15, 0.2) is 11.7 Å². The van der Waals surface area contributed by atoms with Crippen LogP contribution < -0.4 is 5.32 Å². The number of hydrogen-bond donors (Lipinski definition) is 1. The molecule has 1 aromatic heterocycles. The van der Waals surface area contributed by atoms with Crippen LogP contribution in [-0.2, 0) is 6.54 Å². The number of thiazole rings is 1. The molecule has 0 bridgehead atoms. The van der Waals surface area contributed by atoms with Crippen LogP contribution in [0.4, 0.5) is 0 Å². The molecule has 0 aromatic carbocycles.